The molecular formula is C29H35N5O4. The van der Waals surface area contributed by atoms with Crippen LogP contribution in [0.2, 0.25) is 0 Å². The maximum atomic E-state index is 12.5. The van der Waals surface area contributed by atoms with E-state index in [0.717, 1.165) is 57.7 Å². The molecule has 3 aromatic heterocycles. The lowest BCUT2D eigenvalue weighted by Crippen LogP contribution is -2.42. The molecule has 0 aliphatic carbocycles. The van der Waals surface area contributed by atoms with Crippen molar-refractivity contribution >= 4 is 33.8 Å². The average Bonchev–Trinajstić information content (AvgIpc) is 3.50. The third kappa shape index (κ3) is 5.38. The maximum Gasteiger partial charge on any atom is 0.410 e. The van der Waals surface area contributed by atoms with Gasteiger partial charge in [0.05, 0.1) is 22.8 Å². The molecule has 1 fully saturated rings. The lowest BCUT2D eigenvalue weighted by molar-refractivity contribution is 0.0237. The van der Waals surface area contributed by atoms with E-state index in [1.165, 1.54) is 0 Å². The van der Waals surface area contributed by atoms with Gasteiger partial charge in [-0.1, -0.05) is 0 Å². The molecule has 5 rings (SSSR count). The number of aryl methyl sites for hydroxylation is 1. The molecule has 1 aliphatic rings. The number of anilines is 1. The number of amides is 1. The van der Waals surface area contributed by atoms with Gasteiger partial charge in [0.15, 0.2) is 6.79 Å². The number of benzene rings is 1. The van der Waals surface area contributed by atoms with Crippen molar-refractivity contribution in [3.8, 4) is 17.0 Å². The van der Waals surface area contributed by atoms with Gasteiger partial charge in [-0.05, 0) is 70.5 Å². The maximum absolute atomic E-state index is 12.5. The minimum absolute atomic E-state index is 0.0698. The highest BCUT2D eigenvalue weighted by atomic mass is 16.7. The fourth-order valence-electron chi connectivity index (χ4n) is 4.82. The van der Waals surface area contributed by atoms with Gasteiger partial charge in [0.1, 0.15) is 17.2 Å². The fourth-order valence-corrected chi connectivity index (χ4v) is 4.82. The van der Waals surface area contributed by atoms with Gasteiger partial charge in [-0.3, -0.25) is 0 Å². The average molecular weight is 518 g/mol. The summed E-state index contributed by atoms with van der Waals surface area (Å²) in [4.78, 5) is 29.6. The molecule has 0 saturated carbocycles. The van der Waals surface area contributed by atoms with E-state index in [9.17, 15) is 4.79 Å². The van der Waals surface area contributed by atoms with Crippen LogP contribution in [-0.4, -0.2) is 71.6 Å². The number of fused-ring (bicyclic) bond motifs is 2. The summed E-state index contributed by atoms with van der Waals surface area (Å²) in [6.45, 7) is 9.34. The van der Waals surface area contributed by atoms with Crippen LogP contribution in [-0.2, 0) is 9.47 Å². The number of carbonyl (C=O) groups is 1. The summed E-state index contributed by atoms with van der Waals surface area (Å²) < 4.78 is 16.6. The Morgan fingerprint density at radius 1 is 1.13 bits per heavy atom. The fraction of sp³-hybridized carbons (Fsp3) is 0.414. The normalized spacial score (nSPS) is 15.8. The first-order valence-corrected chi connectivity index (χ1v) is 12.9. The summed E-state index contributed by atoms with van der Waals surface area (Å²) in [6.07, 6.45) is 0.562. The van der Waals surface area contributed by atoms with E-state index < -0.39 is 5.60 Å². The van der Waals surface area contributed by atoms with E-state index >= 15 is 0 Å². The van der Waals surface area contributed by atoms with Crippen LogP contribution in [0.4, 0.5) is 10.6 Å². The van der Waals surface area contributed by atoms with Gasteiger partial charge in [0.2, 0.25) is 0 Å². The third-order valence-corrected chi connectivity index (χ3v) is 6.71. The zero-order valence-corrected chi connectivity index (χ0v) is 22.9. The standard InChI is InChI=1S/C29H35N5O4/c1-18-13-19-14-21(26(37-17-36-6)15-25(19)30-18)22-7-8-24-23(31-22)9-10-27(32-24)34-12-11-20(16-34)33(5)28(35)38-29(2,3)4/h7-10,13-15,20,30H,11-12,16-17H2,1-6H3/t20-/m0/s1. The monoisotopic (exact) mass is 517 g/mol. The summed E-state index contributed by atoms with van der Waals surface area (Å²) in [5.74, 6) is 1.58. The topological polar surface area (TPSA) is 92.8 Å². The second-order valence-corrected chi connectivity index (χ2v) is 10.8. The van der Waals surface area contributed by atoms with Crippen molar-refractivity contribution in [1.29, 1.82) is 0 Å². The molecule has 0 bridgehead atoms. The van der Waals surface area contributed by atoms with Crippen LogP contribution < -0.4 is 9.64 Å². The van der Waals surface area contributed by atoms with Gasteiger partial charge in [-0.15, -0.1) is 0 Å². The van der Waals surface area contributed by atoms with Crippen molar-refractivity contribution in [2.45, 2.75) is 45.8 Å². The minimum Gasteiger partial charge on any atom is -0.467 e. The molecule has 1 aromatic carbocycles. The van der Waals surface area contributed by atoms with Gasteiger partial charge in [-0.25, -0.2) is 14.8 Å². The number of nitrogens with zero attached hydrogens (tertiary/aromatic N) is 4. The van der Waals surface area contributed by atoms with E-state index in [0.29, 0.717) is 12.3 Å². The number of likely N-dealkylation sites (N-methyl/N-ethyl adjacent to an activating group) is 1. The Balaban J connectivity index is 1.38. The Labute approximate surface area is 222 Å². The quantitative estimate of drug-likeness (QED) is 0.337. The molecule has 1 aliphatic heterocycles. The van der Waals surface area contributed by atoms with Gasteiger partial charge < -0.3 is 29.0 Å². The van der Waals surface area contributed by atoms with E-state index in [2.05, 4.69) is 22.0 Å². The van der Waals surface area contributed by atoms with Crippen LogP contribution in [0.3, 0.4) is 0 Å². The summed E-state index contributed by atoms with van der Waals surface area (Å²) in [6, 6.07) is 14.2. The molecule has 38 heavy (non-hydrogen) atoms. The van der Waals surface area contributed by atoms with Crippen LogP contribution in [0.15, 0.2) is 42.5 Å². The molecule has 1 N–H and O–H groups in total. The highest BCUT2D eigenvalue weighted by Gasteiger charge is 2.31. The Morgan fingerprint density at radius 3 is 2.66 bits per heavy atom. The van der Waals surface area contributed by atoms with Crippen molar-refractivity contribution in [1.82, 2.24) is 19.9 Å². The lowest BCUT2D eigenvalue weighted by atomic mass is 10.1. The molecular weight excluding hydrogens is 482 g/mol. The minimum atomic E-state index is -0.515. The van der Waals surface area contributed by atoms with E-state index in [1.54, 1.807) is 19.1 Å². The number of pyridine rings is 2. The van der Waals surface area contributed by atoms with Crippen LogP contribution in [0.1, 0.15) is 32.9 Å². The first kappa shape index (κ1) is 25.8. The number of aromatic amines is 1. The Morgan fingerprint density at radius 2 is 1.89 bits per heavy atom. The van der Waals surface area contributed by atoms with Crippen molar-refractivity contribution in [3.05, 3.63) is 48.2 Å². The van der Waals surface area contributed by atoms with Crippen molar-refractivity contribution < 1.29 is 19.0 Å². The van der Waals surface area contributed by atoms with E-state index in [4.69, 9.17) is 24.2 Å². The largest absolute Gasteiger partial charge is 0.467 e. The highest BCUT2D eigenvalue weighted by molar-refractivity contribution is 5.90. The number of rotatable bonds is 6. The molecule has 1 amide bonds. The second-order valence-electron chi connectivity index (χ2n) is 10.8. The SMILES string of the molecule is COCOc1cc2[nH]c(C)cc2cc1-c1ccc2nc(N3CC[C@H](N(C)C(=O)OC(C)(C)C)C3)ccc2n1. The molecule has 9 heteroatoms. The Kier molecular flexibility index (Phi) is 6.88. The van der Waals surface area contributed by atoms with E-state index in [-0.39, 0.29) is 18.9 Å². The van der Waals surface area contributed by atoms with Crippen LogP contribution in [0.5, 0.6) is 5.75 Å². The molecule has 1 saturated heterocycles. The van der Waals surface area contributed by atoms with Gasteiger partial charge in [-0.2, -0.15) is 0 Å². The number of methoxy groups -OCH3 is 1. The number of carbonyl (C=O) groups excluding carboxylic acids is 1. The number of nitrogens with one attached hydrogen (secondary N) is 1. The summed E-state index contributed by atoms with van der Waals surface area (Å²) in [5.41, 5.74) is 4.89. The predicted octanol–water partition coefficient (Wildman–Crippen LogP) is 5.51. The first-order chi connectivity index (χ1) is 18.1. The molecule has 0 unspecified atom stereocenters. The number of hydrogen-bond acceptors (Lipinski definition) is 7. The Hall–Kier alpha value is -3.85. The molecule has 4 heterocycles. The molecule has 9 nitrogen and oxygen atoms in total. The van der Waals surface area contributed by atoms with Gasteiger partial charge in [0, 0.05) is 55.5 Å². The number of H-pyrrole nitrogens is 1. The predicted molar refractivity (Wildman–Crippen MR) is 149 cm³/mol. The third-order valence-electron chi connectivity index (χ3n) is 6.71. The lowest BCUT2D eigenvalue weighted by Gasteiger charge is -2.28. The summed E-state index contributed by atoms with van der Waals surface area (Å²) >= 11 is 0. The number of hydrogen-bond donors (Lipinski definition) is 1. The van der Waals surface area contributed by atoms with E-state index in [1.807, 2.05) is 58.0 Å². The van der Waals surface area contributed by atoms with Crippen LogP contribution in [0.25, 0.3) is 33.2 Å². The summed E-state index contributed by atoms with van der Waals surface area (Å²) in [5, 5.41) is 1.09. The van der Waals surface area contributed by atoms with Crippen molar-refractivity contribution in [2.24, 2.45) is 0 Å². The number of aromatic nitrogens is 3. The van der Waals surface area contributed by atoms with Crippen LogP contribution >= 0.6 is 0 Å². The summed E-state index contributed by atoms with van der Waals surface area (Å²) in [7, 11) is 3.41. The highest BCUT2D eigenvalue weighted by Crippen LogP contribution is 2.35. The zero-order chi connectivity index (χ0) is 27.0. The number of ether oxygens (including phenoxy) is 3. The molecule has 1 atom stereocenters. The van der Waals surface area contributed by atoms with Gasteiger partial charge in [0.25, 0.3) is 0 Å². The van der Waals surface area contributed by atoms with Crippen molar-refractivity contribution in [3.63, 3.8) is 0 Å². The van der Waals surface area contributed by atoms with Gasteiger partial charge >= 0.3 is 6.09 Å². The molecule has 0 radical (unpaired) electrons. The molecule has 4 aromatic rings. The molecule has 200 valence electrons. The van der Waals surface area contributed by atoms with Crippen molar-refractivity contribution in [2.75, 3.05) is 38.9 Å². The molecule has 0 spiro atoms. The zero-order valence-electron chi connectivity index (χ0n) is 22.9. The smallest absolute Gasteiger partial charge is 0.410 e. The van der Waals surface area contributed by atoms with Crippen LogP contribution in [0, 0.1) is 6.92 Å². The first-order valence-electron chi connectivity index (χ1n) is 12.9. The second kappa shape index (κ2) is 10.1. The Bertz CT molecular complexity index is 1480.